The zero-order valence-electron chi connectivity index (χ0n) is 19.6. The molecule has 34 heavy (non-hydrogen) atoms. The monoisotopic (exact) mass is 452 g/mol. The molecular weight excluding hydrogens is 420 g/mol. The molecule has 1 aromatic heterocycles. The van der Waals surface area contributed by atoms with Crippen molar-refractivity contribution in [1.29, 1.82) is 0 Å². The summed E-state index contributed by atoms with van der Waals surface area (Å²) in [6, 6.07) is 29.2. The summed E-state index contributed by atoms with van der Waals surface area (Å²) in [6.45, 7) is 7.52. The minimum atomic E-state index is 0.00530. The van der Waals surface area contributed by atoms with Gasteiger partial charge in [-0.05, 0) is 17.2 Å². The van der Waals surface area contributed by atoms with Crippen molar-refractivity contribution >= 4 is 16.8 Å². The van der Waals surface area contributed by atoms with Crippen molar-refractivity contribution in [3.05, 3.63) is 108 Å². The Morgan fingerprint density at radius 1 is 0.706 bits per heavy atom. The molecule has 1 amide bonds. The van der Waals surface area contributed by atoms with Gasteiger partial charge in [-0.1, -0.05) is 78.9 Å². The SMILES string of the molecule is O=C(NCCN1CCN(Cc2ccccc2)CC1)c1cn(Cc2ccccc2)c2ccccc12. The Labute approximate surface area is 201 Å². The number of hydrogen-bond donors (Lipinski definition) is 1. The number of benzene rings is 3. The van der Waals surface area contributed by atoms with Crippen molar-refractivity contribution in [2.45, 2.75) is 13.1 Å². The Hall–Kier alpha value is -3.41. The molecule has 4 aromatic rings. The Morgan fingerprint density at radius 3 is 2.00 bits per heavy atom. The van der Waals surface area contributed by atoms with Crippen LogP contribution in [0.3, 0.4) is 0 Å². The maximum absolute atomic E-state index is 13.1. The summed E-state index contributed by atoms with van der Waals surface area (Å²) >= 11 is 0. The molecule has 0 saturated carbocycles. The zero-order chi connectivity index (χ0) is 23.2. The molecule has 1 aliphatic rings. The third-order valence-corrected chi connectivity index (χ3v) is 6.66. The summed E-state index contributed by atoms with van der Waals surface area (Å²) in [6.07, 6.45) is 2.00. The lowest BCUT2D eigenvalue weighted by Crippen LogP contribution is -2.48. The van der Waals surface area contributed by atoms with E-state index in [9.17, 15) is 4.79 Å². The number of fused-ring (bicyclic) bond motifs is 1. The predicted molar refractivity (Wildman–Crippen MR) is 138 cm³/mol. The summed E-state index contributed by atoms with van der Waals surface area (Å²) < 4.78 is 2.17. The minimum absolute atomic E-state index is 0.00530. The second kappa shape index (κ2) is 10.7. The number of rotatable bonds is 8. The molecule has 1 N–H and O–H groups in total. The molecule has 0 radical (unpaired) electrons. The minimum Gasteiger partial charge on any atom is -0.351 e. The molecule has 0 spiro atoms. The van der Waals surface area contributed by atoms with E-state index < -0.39 is 0 Å². The van der Waals surface area contributed by atoms with Crippen LogP contribution in [0.25, 0.3) is 10.9 Å². The predicted octanol–water partition coefficient (Wildman–Crippen LogP) is 4.24. The van der Waals surface area contributed by atoms with Gasteiger partial charge in [0, 0.05) is 69.5 Å². The Bertz CT molecular complexity index is 1210. The fourth-order valence-electron chi connectivity index (χ4n) is 4.77. The molecule has 0 aliphatic carbocycles. The second-order valence-electron chi connectivity index (χ2n) is 9.03. The van der Waals surface area contributed by atoms with Gasteiger partial charge >= 0.3 is 0 Å². The van der Waals surface area contributed by atoms with Gasteiger partial charge in [0.25, 0.3) is 5.91 Å². The summed E-state index contributed by atoms with van der Waals surface area (Å²) in [5.41, 5.74) is 4.43. The van der Waals surface area contributed by atoms with Crippen LogP contribution in [-0.2, 0) is 13.1 Å². The van der Waals surface area contributed by atoms with Crippen molar-refractivity contribution in [2.75, 3.05) is 39.3 Å². The van der Waals surface area contributed by atoms with E-state index in [1.165, 1.54) is 11.1 Å². The van der Waals surface area contributed by atoms with Crippen molar-refractivity contribution in [1.82, 2.24) is 19.7 Å². The number of aromatic nitrogens is 1. The summed E-state index contributed by atoms with van der Waals surface area (Å²) in [5.74, 6) is 0.00530. The normalized spacial score (nSPS) is 14.9. The number of carbonyl (C=O) groups is 1. The van der Waals surface area contributed by atoms with Gasteiger partial charge in [-0.3, -0.25) is 14.6 Å². The molecule has 1 fully saturated rings. The summed E-state index contributed by atoms with van der Waals surface area (Å²) in [7, 11) is 0. The first-order chi connectivity index (χ1) is 16.8. The standard InChI is InChI=1S/C29H32N4O/c34-29(30-15-16-31-17-19-32(20-18-31)21-24-9-3-1-4-10-24)27-23-33(22-25-11-5-2-6-12-25)28-14-8-7-13-26(27)28/h1-14,23H,15-22H2,(H,30,34). The van der Waals surface area contributed by atoms with Crippen molar-refractivity contribution in [2.24, 2.45) is 0 Å². The van der Waals surface area contributed by atoms with Gasteiger partial charge in [-0.15, -0.1) is 0 Å². The van der Waals surface area contributed by atoms with Gasteiger partial charge in [0.05, 0.1) is 5.56 Å². The van der Waals surface area contributed by atoms with Gasteiger partial charge in [0.15, 0.2) is 0 Å². The molecular formula is C29H32N4O. The molecule has 3 aromatic carbocycles. The maximum Gasteiger partial charge on any atom is 0.253 e. The van der Waals surface area contributed by atoms with Gasteiger partial charge in [-0.2, -0.15) is 0 Å². The lowest BCUT2D eigenvalue weighted by Gasteiger charge is -2.34. The number of carbonyl (C=O) groups excluding carboxylic acids is 1. The lowest BCUT2D eigenvalue weighted by molar-refractivity contribution is 0.0935. The van der Waals surface area contributed by atoms with E-state index in [-0.39, 0.29) is 5.91 Å². The molecule has 5 rings (SSSR count). The first-order valence-electron chi connectivity index (χ1n) is 12.1. The fraction of sp³-hybridized carbons (Fsp3) is 0.276. The van der Waals surface area contributed by atoms with Gasteiger partial charge in [0.1, 0.15) is 0 Å². The number of nitrogens with zero attached hydrogens (tertiary/aromatic N) is 3. The number of para-hydroxylation sites is 1. The van der Waals surface area contributed by atoms with Crippen LogP contribution in [0.4, 0.5) is 0 Å². The first kappa shape index (κ1) is 22.4. The fourth-order valence-corrected chi connectivity index (χ4v) is 4.77. The van der Waals surface area contributed by atoms with Crippen LogP contribution in [0, 0.1) is 0 Å². The first-order valence-corrected chi connectivity index (χ1v) is 12.1. The van der Waals surface area contributed by atoms with Crippen LogP contribution >= 0.6 is 0 Å². The van der Waals surface area contributed by atoms with Gasteiger partial charge in [0.2, 0.25) is 0 Å². The third kappa shape index (κ3) is 5.38. The highest BCUT2D eigenvalue weighted by Gasteiger charge is 2.18. The van der Waals surface area contributed by atoms with E-state index in [1.807, 2.05) is 30.5 Å². The quantitative estimate of drug-likeness (QED) is 0.435. The van der Waals surface area contributed by atoms with E-state index >= 15 is 0 Å². The number of hydrogen-bond acceptors (Lipinski definition) is 3. The van der Waals surface area contributed by atoms with Crippen LogP contribution in [0.5, 0.6) is 0 Å². The average Bonchev–Trinajstić information content (AvgIpc) is 3.25. The summed E-state index contributed by atoms with van der Waals surface area (Å²) in [4.78, 5) is 18.0. The van der Waals surface area contributed by atoms with Crippen molar-refractivity contribution in [3.8, 4) is 0 Å². The highest BCUT2D eigenvalue weighted by atomic mass is 16.1. The Balaban J connectivity index is 1.14. The van der Waals surface area contributed by atoms with E-state index in [0.717, 1.165) is 62.3 Å². The van der Waals surface area contributed by atoms with Crippen LogP contribution in [0.2, 0.25) is 0 Å². The van der Waals surface area contributed by atoms with Gasteiger partial charge in [-0.25, -0.2) is 0 Å². The number of piperazine rings is 1. The molecule has 1 aliphatic heterocycles. The van der Waals surface area contributed by atoms with Crippen LogP contribution in [-0.4, -0.2) is 59.5 Å². The lowest BCUT2D eigenvalue weighted by atomic mass is 10.1. The van der Waals surface area contributed by atoms with Crippen molar-refractivity contribution in [3.63, 3.8) is 0 Å². The van der Waals surface area contributed by atoms with Crippen molar-refractivity contribution < 1.29 is 4.79 Å². The maximum atomic E-state index is 13.1. The van der Waals surface area contributed by atoms with E-state index in [1.54, 1.807) is 0 Å². The Kier molecular flexibility index (Phi) is 7.03. The second-order valence-corrected chi connectivity index (χ2v) is 9.03. The molecule has 0 atom stereocenters. The van der Waals surface area contributed by atoms with E-state index in [0.29, 0.717) is 6.54 Å². The van der Waals surface area contributed by atoms with Crippen LogP contribution in [0.1, 0.15) is 21.5 Å². The zero-order valence-corrected chi connectivity index (χ0v) is 19.6. The Morgan fingerprint density at radius 2 is 1.29 bits per heavy atom. The summed E-state index contributed by atoms with van der Waals surface area (Å²) in [5, 5.41) is 4.16. The smallest absolute Gasteiger partial charge is 0.253 e. The molecule has 2 heterocycles. The topological polar surface area (TPSA) is 40.5 Å². The largest absolute Gasteiger partial charge is 0.351 e. The van der Waals surface area contributed by atoms with E-state index in [4.69, 9.17) is 0 Å². The number of nitrogens with one attached hydrogen (secondary N) is 1. The third-order valence-electron chi connectivity index (χ3n) is 6.66. The van der Waals surface area contributed by atoms with Crippen LogP contribution < -0.4 is 5.32 Å². The molecule has 0 unspecified atom stereocenters. The van der Waals surface area contributed by atoms with Crippen LogP contribution in [0.15, 0.2) is 91.1 Å². The van der Waals surface area contributed by atoms with Gasteiger partial charge < -0.3 is 9.88 Å². The highest BCUT2D eigenvalue weighted by Crippen LogP contribution is 2.22. The molecule has 0 bridgehead atoms. The highest BCUT2D eigenvalue weighted by molar-refractivity contribution is 6.07. The average molecular weight is 453 g/mol. The van der Waals surface area contributed by atoms with E-state index in [2.05, 4.69) is 80.3 Å². The molecule has 5 heteroatoms. The molecule has 1 saturated heterocycles. The number of amides is 1. The molecule has 174 valence electrons. The molecule has 5 nitrogen and oxygen atoms in total.